The van der Waals surface area contributed by atoms with Crippen molar-refractivity contribution in [1.82, 2.24) is 4.72 Å². The molecule has 0 saturated heterocycles. The first-order valence-corrected chi connectivity index (χ1v) is 7.16. The Labute approximate surface area is 103 Å². The van der Waals surface area contributed by atoms with Gasteiger partial charge in [-0.2, -0.15) is 0 Å². The van der Waals surface area contributed by atoms with E-state index in [0.29, 0.717) is 6.61 Å². The fourth-order valence-corrected chi connectivity index (χ4v) is 2.21. The van der Waals surface area contributed by atoms with Crippen LogP contribution in [-0.2, 0) is 10.0 Å². The summed E-state index contributed by atoms with van der Waals surface area (Å²) in [6, 6.07) is 4.88. The first kappa shape index (κ1) is 14.0. The molecule has 0 unspecified atom stereocenters. The molecule has 0 radical (unpaired) electrons. The number of nitrogens with one attached hydrogen (secondary N) is 1. The Bertz CT molecular complexity index is 469. The summed E-state index contributed by atoms with van der Waals surface area (Å²) in [5.41, 5.74) is 0.831. The molecule has 0 fully saturated rings. The van der Waals surface area contributed by atoms with E-state index in [1.54, 1.807) is 18.2 Å². The largest absolute Gasteiger partial charge is 0.493 e. The van der Waals surface area contributed by atoms with Crippen LogP contribution in [0.5, 0.6) is 5.75 Å². The van der Waals surface area contributed by atoms with Crippen LogP contribution >= 0.6 is 0 Å². The van der Waals surface area contributed by atoms with Gasteiger partial charge in [-0.05, 0) is 44.2 Å². The van der Waals surface area contributed by atoms with Gasteiger partial charge in [0.1, 0.15) is 5.75 Å². The van der Waals surface area contributed by atoms with E-state index >= 15 is 0 Å². The molecule has 17 heavy (non-hydrogen) atoms. The number of unbranched alkanes of at least 4 members (excludes halogenated alkanes) is 1. The molecule has 0 saturated carbocycles. The third-order valence-electron chi connectivity index (χ3n) is 2.48. The number of rotatable bonds is 6. The molecule has 0 atom stereocenters. The lowest BCUT2D eigenvalue weighted by atomic mass is 10.2. The summed E-state index contributed by atoms with van der Waals surface area (Å²) >= 11 is 0. The second-order valence-corrected chi connectivity index (χ2v) is 5.72. The molecular weight excluding hydrogens is 238 g/mol. The number of benzene rings is 1. The zero-order chi connectivity index (χ0) is 12.9. The Kier molecular flexibility index (Phi) is 4.96. The minimum Gasteiger partial charge on any atom is -0.493 e. The minimum absolute atomic E-state index is 0.264. The summed E-state index contributed by atoms with van der Waals surface area (Å²) in [7, 11) is -1.97. The van der Waals surface area contributed by atoms with Gasteiger partial charge in [0.25, 0.3) is 0 Å². The van der Waals surface area contributed by atoms with Crippen molar-refractivity contribution in [3.8, 4) is 5.75 Å². The molecule has 96 valence electrons. The molecule has 1 N–H and O–H groups in total. The molecule has 0 aliphatic carbocycles. The third-order valence-corrected chi connectivity index (χ3v) is 3.89. The topological polar surface area (TPSA) is 55.4 Å². The van der Waals surface area contributed by atoms with Gasteiger partial charge in [0.2, 0.25) is 10.0 Å². The fourth-order valence-electron chi connectivity index (χ4n) is 1.40. The van der Waals surface area contributed by atoms with E-state index in [1.165, 1.54) is 7.05 Å². The zero-order valence-corrected chi connectivity index (χ0v) is 11.3. The van der Waals surface area contributed by atoms with Crippen molar-refractivity contribution in [3.05, 3.63) is 23.8 Å². The lowest BCUT2D eigenvalue weighted by Gasteiger charge is -2.10. The molecule has 1 aromatic rings. The number of sulfonamides is 1. The summed E-state index contributed by atoms with van der Waals surface area (Å²) in [6.45, 7) is 4.60. The average Bonchev–Trinajstić information content (AvgIpc) is 2.31. The fraction of sp³-hybridized carbons (Fsp3) is 0.500. The Morgan fingerprint density at radius 3 is 2.59 bits per heavy atom. The van der Waals surface area contributed by atoms with Crippen LogP contribution in [0.25, 0.3) is 0 Å². The van der Waals surface area contributed by atoms with Crippen molar-refractivity contribution in [2.24, 2.45) is 0 Å². The quantitative estimate of drug-likeness (QED) is 0.794. The lowest BCUT2D eigenvalue weighted by molar-refractivity contribution is 0.307. The minimum atomic E-state index is -3.37. The second kappa shape index (κ2) is 6.02. The van der Waals surface area contributed by atoms with E-state index < -0.39 is 10.0 Å². The van der Waals surface area contributed by atoms with Crippen LogP contribution in [0.3, 0.4) is 0 Å². The molecule has 4 nitrogen and oxygen atoms in total. The number of hydrogen-bond donors (Lipinski definition) is 1. The first-order chi connectivity index (χ1) is 8.01. The Balaban J connectivity index is 2.87. The van der Waals surface area contributed by atoms with Crippen LogP contribution in [0.15, 0.2) is 23.1 Å². The van der Waals surface area contributed by atoms with Crippen LogP contribution < -0.4 is 9.46 Å². The number of hydrogen-bond acceptors (Lipinski definition) is 3. The van der Waals surface area contributed by atoms with E-state index in [-0.39, 0.29) is 4.90 Å². The van der Waals surface area contributed by atoms with E-state index in [2.05, 4.69) is 11.6 Å². The van der Waals surface area contributed by atoms with E-state index in [0.717, 1.165) is 24.2 Å². The summed E-state index contributed by atoms with van der Waals surface area (Å²) in [4.78, 5) is 0.264. The predicted octanol–water partition coefficient (Wildman–Crippen LogP) is 2.08. The lowest BCUT2D eigenvalue weighted by Crippen LogP contribution is -2.18. The van der Waals surface area contributed by atoms with Gasteiger partial charge in [0.05, 0.1) is 11.5 Å². The van der Waals surface area contributed by atoms with Gasteiger partial charge in [-0.15, -0.1) is 0 Å². The average molecular weight is 257 g/mol. The van der Waals surface area contributed by atoms with Gasteiger partial charge in [-0.3, -0.25) is 0 Å². The predicted molar refractivity (Wildman–Crippen MR) is 67.8 cm³/mol. The maximum Gasteiger partial charge on any atom is 0.240 e. The van der Waals surface area contributed by atoms with E-state index in [9.17, 15) is 8.42 Å². The summed E-state index contributed by atoms with van der Waals surface area (Å²) < 4.78 is 31.0. The number of ether oxygens (including phenoxy) is 1. The van der Waals surface area contributed by atoms with Crippen molar-refractivity contribution in [2.45, 2.75) is 31.6 Å². The standard InChI is InChI=1S/C12H19NO3S/c1-4-5-8-16-12-7-6-11(9-10(12)2)17(14,15)13-3/h6-7,9,13H,4-5,8H2,1-3H3. The molecule has 0 aliphatic rings. The Morgan fingerprint density at radius 2 is 2.06 bits per heavy atom. The second-order valence-electron chi connectivity index (χ2n) is 3.84. The SMILES string of the molecule is CCCCOc1ccc(S(=O)(=O)NC)cc1C. The molecule has 5 heteroatoms. The Morgan fingerprint density at radius 1 is 1.35 bits per heavy atom. The highest BCUT2D eigenvalue weighted by molar-refractivity contribution is 7.89. The summed E-state index contributed by atoms with van der Waals surface area (Å²) in [5, 5.41) is 0. The van der Waals surface area contributed by atoms with Crippen molar-refractivity contribution >= 4 is 10.0 Å². The normalized spacial score (nSPS) is 11.5. The van der Waals surface area contributed by atoms with Crippen molar-refractivity contribution in [2.75, 3.05) is 13.7 Å². The summed E-state index contributed by atoms with van der Waals surface area (Å²) in [6.07, 6.45) is 2.07. The maximum absolute atomic E-state index is 11.6. The molecule has 0 aliphatic heterocycles. The number of aryl methyl sites for hydroxylation is 1. The van der Waals surface area contributed by atoms with E-state index in [4.69, 9.17) is 4.74 Å². The monoisotopic (exact) mass is 257 g/mol. The smallest absolute Gasteiger partial charge is 0.240 e. The molecule has 0 aromatic heterocycles. The molecule has 0 heterocycles. The van der Waals surface area contributed by atoms with Crippen molar-refractivity contribution in [1.29, 1.82) is 0 Å². The van der Waals surface area contributed by atoms with Gasteiger partial charge in [-0.1, -0.05) is 13.3 Å². The van der Waals surface area contributed by atoms with Gasteiger partial charge < -0.3 is 4.74 Å². The molecule has 0 amide bonds. The van der Waals surface area contributed by atoms with Gasteiger partial charge >= 0.3 is 0 Å². The molecule has 1 aromatic carbocycles. The van der Waals surface area contributed by atoms with Crippen molar-refractivity contribution < 1.29 is 13.2 Å². The van der Waals surface area contributed by atoms with Crippen LogP contribution in [-0.4, -0.2) is 22.1 Å². The highest BCUT2D eigenvalue weighted by Crippen LogP contribution is 2.21. The van der Waals surface area contributed by atoms with Crippen LogP contribution in [0.4, 0.5) is 0 Å². The highest BCUT2D eigenvalue weighted by atomic mass is 32.2. The third kappa shape index (κ3) is 3.71. The zero-order valence-electron chi connectivity index (χ0n) is 10.5. The first-order valence-electron chi connectivity index (χ1n) is 5.68. The molecule has 0 spiro atoms. The van der Waals surface area contributed by atoms with Crippen LogP contribution in [0.2, 0.25) is 0 Å². The highest BCUT2D eigenvalue weighted by Gasteiger charge is 2.12. The molecule has 0 bridgehead atoms. The van der Waals surface area contributed by atoms with Gasteiger partial charge in [0.15, 0.2) is 0 Å². The van der Waals surface area contributed by atoms with Gasteiger partial charge in [0, 0.05) is 0 Å². The molecule has 1 rings (SSSR count). The van der Waals surface area contributed by atoms with E-state index in [1.807, 2.05) is 6.92 Å². The maximum atomic E-state index is 11.6. The summed E-state index contributed by atoms with van der Waals surface area (Å²) in [5.74, 6) is 0.744. The van der Waals surface area contributed by atoms with Gasteiger partial charge in [-0.25, -0.2) is 13.1 Å². The van der Waals surface area contributed by atoms with Crippen molar-refractivity contribution in [3.63, 3.8) is 0 Å². The Hall–Kier alpha value is -1.07. The van der Waals surface area contributed by atoms with Crippen LogP contribution in [0.1, 0.15) is 25.3 Å². The van der Waals surface area contributed by atoms with Crippen LogP contribution in [0, 0.1) is 6.92 Å². The molecular formula is C12H19NO3S.